The van der Waals surface area contributed by atoms with Crippen LogP contribution in [-0.4, -0.2) is 25.2 Å². The second-order valence-electron chi connectivity index (χ2n) is 5.16. The SMILES string of the molecule is COc1ccc2c(N3CCCCC3)c(C#N)cnc2c1F. The lowest BCUT2D eigenvalue weighted by atomic mass is 10.0. The fourth-order valence-electron chi connectivity index (χ4n) is 2.90. The number of hydrogen-bond acceptors (Lipinski definition) is 4. The molecule has 21 heavy (non-hydrogen) atoms. The van der Waals surface area contributed by atoms with Gasteiger partial charge in [0.05, 0.1) is 18.4 Å². The second-order valence-corrected chi connectivity index (χ2v) is 5.16. The van der Waals surface area contributed by atoms with Crippen LogP contribution in [0.15, 0.2) is 18.3 Å². The number of piperidine rings is 1. The average molecular weight is 285 g/mol. The van der Waals surface area contributed by atoms with E-state index in [1.54, 1.807) is 12.1 Å². The minimum absolute atomic E-state index is 0.171. The Kier molecular flexibility index (Phi) is 3.61. The fraction of sp³-hybridized carbons (Fsp3) is 0.375. The van der Waals surface area contributed by atoms with Crippen LogP contribution >= 0.6 is 0 Å². The molecule has 3 rings (SSSR count). The van der Waals surface area contributed by atoms with E-state index in [0.717, 1.165) is 31.6 Å². The first-order valence-electron chi connectivity index (χ1n) is 7.06. The lowest BCUT2D eigenvalue weighted by molar-refractivity contribution is 0.388. The van der Waals surface area contributed by atoms with Crippen LogP contribution < -0.4 is 9.64 Å². The zero-order valence-corrected chi connectivity index (χ0v) is 11.9. The highest BCUT2D eigenvalue weighted by molar-refractivity contribution is 5.95. The molecule has 0 amide bonds. The Balaban J connectivity index is 2.24. The first-order valence-corrected chi connectivity index (χ1v) is 7.06. The second kappa shape index (κ2) is 5.57. The third-order valence-electron chi connectivity index (χ3n) is 3.93. The Morgan fingerprint density at radius 1 is 1.29 bits per heavy atom. The molecule has 1 fully saturated rings. The molecule has 2 aromatic rings. The molecule has 0 saturated carbocycles. The molecule has 0 N–H and O–H groups in total. The monoisotopic (exact) mass is 285 g/mol. The van der Waals surface area contributed by atoms with Gasteiger partial charge in [0.2, 0.25) is 0 Å². The zero-order chi connectivity index (χ0) is 14.8. The summed E-state index contributed by atoms with van der Waals surface area (Å²) in [5.41, 5.74) is 1.55. The van der Waals surface area contributed by atoms with E-state index in [4.69, 9.17) is 4.74 Å². The first kappa shape index (κ1) is 13.6. The van der Waals surface area contributed by atoms with Crippen molar-refractivity contribution in [3.63, 3.8) is 0 Å². The van der Waals surface area contributed by atoms with Crippen LogP contribution in [0.1, 0.15) is 24.8 Å². The molecule has 2 heterocycles. The number of rotatable bonds is 2. The predicted molar refractivity (Wildman–Crippen MR) is 79.0 cm³/mol. The maximum atomic E-state index is 14.4. The molecule has 0 unspecified atom stereocenters. The normalized spacial score (nSPS) is 15.0. The quantitative estimate of drug-likeness (QED) is 0.850. The summed E-state index contributed by atoms with van der Waals surface area (Å²) >= 11 is 0. The largest absolute Gasteiger partial charge is 0.494 e. The van der Waals surface area contributed by atoms with Gasteiger partial charge in [0.25, 0.3) is 0 Å². The van der Waals surface area contributed by atoms with Crippen molar-refractivity contribution in [2.24, 2.45) is 0 Å². The number of methoxy groups -OCH3 is 1. The van der Waals surface area contributed by atoms with Crippen molar-refractivity contribution >= 4 is 16.6 Å². The number of fused-ring (bicyclic) bond motifs is 1. The number of aromatic nitrogens is 1. The van der Waals surface area contributed by atoms with Crippen molar-refractivity contribution in [1.82, 2.24) is 4.98 Å². The number of nitriles is 1. The average Bonchev–Trinajstić information content (AvgIpc) is 2.55. The number of hydrogen-bond donors (Lipinski definition) is 0. The predicted octanol–water partition coefficient (Wildman–Crippen LogP) is 3.24. The highest BCUT2D eigenvalue weighted by Gasteiger charge is 2.20. The van der Waals surface area contributed by atoms with Gasteiger partial charge in [0.1, 0.15) is 11.6 Å². The van der Waals surface area contributed by atoms with Crippen LogP contribution in [0.3, 0.4) is 0 Å². The smallest absolute Gasteiger partial charge is 0.191 e. The van der Waals surface area contributed by atoms with Crippen LogP contribution in [0.4, 0.5) is 10.1 Å². The third kappa shape index (κ3) is 2.27. The summed E-state index contributed by atoms with van der Waals surface area (Å²) in [6.07, 6.45) is 4.83. The topological polar surface area (TPSA) is 49.1 Å². The molecule has 0 radical (unpaired) electrons. The number of halogens is 1. The Labute approximate surface area is 122 Å². The van der Waals surface area contributed by atoms with Gasteiger partial charge in [-0.25, -0.2) is 4.39 Å². The summed E-state index contributed by atoms with van der Waals surface area (Å²) in [6, 6.07) is 5.55. The minimum atomic E-state index is -0.474. The number of pyridine rings is 1. The third-order valence-corrected chi connectivity index (χ3v) is 3.93. The van der Waals surface area contributed by atoms with Gasteiger partial charge in [-0.15, -0.1) is 0 Å². The Hall–Kier alpha value is -2.35. The van der Waals surface area contributed by atoms with Crippen molar-refractivity contribution in [2.45, 2.75) is 19.3 Å². The summed E-state index contributed by atoms with van der Waals surface area (Å²) in [5.74, 6) is -0.304. The van der Waals surface area contributed by atoms with Crippen LogP contribution in [0.5, 0.6) is 5.75 Å². The van der Waals surface area contributed by atoms with Gasteiger partial charge in [0, 0.05) is 24.7 Å². The van der Waals surface area contributed by atoms with Crippen molar-refractivity contribution in [1.29, 1.82) is 5.26 Å². The lowest BCUT2D eigenvalue weighted by Crippen LogP contribution is -2.30. The molecule has 0 spiro atoms. The summed E-state index contributed by atoms with van der Waals surface area (Å²) in [5, 5.41) is 10.0. The van der Waals surface area contributed by atoms with Crippen LogP contribution in [0, 0.1) is 17.1 Å². The van der Waals surface area contributed by atoms with E-state index in [1.807, 2.05) is 0 Å². The van der Waals surface area contributed by atoms with Crippen molar-refractivity contribution < 1.29 is 9.13 Å². The number of nitrogens with zero attached hydrogens (tertiary/aromatic N) is 3. The molecule has 5 heteroatoms. The standard InChI is InChI=1S/C16H16FN3O/c1-21-13-6-5-12-15(14(13)17)19-10-11(9-18)16(12)20-7-3-2-4-8-20/h5-6,10H,2-4,7-8H2,1H3. The Bertz CT molecular complexity index is 718. The van der Waals surface area contributed by atoms with Gasteiger partial charge in [0.15, 0.2) is 11.6 Å². The van der Waals surface area contributed by atoms with Crippen molar-refractivity contribution in [2.75, 3.05) is 25.1 Å². The lowest BCUT2D eigenvalue weighted by Gasteiger charge is -2.30. The first-order chi connectivity index (χ1) is 10.3. The Morgan fingerprint density at radius 3 is 2.71 bits per heavy atom. The van der Waals surface area contributed by atoms with Gasteiger partial charge in [-0.2, -0.15) is 5.26 Å². The molecule has 1 aliphatic rings. The number of ether oxygens (including phenoxy) is 1. The molecular weight excluding hydrogens is 269 g/mol. The summed E-state index contributed by atoms with van der Waals surface area (Å²) in [6.45, 7) is 1.78. The molecule has 0 bridgehead atoms. The molecular formula is C16H16FN3O. The molecule has 1 saturated heterocycles. The highest BCUT2D eigenvalue weighted by Crippen LogP contribution is 2.34. The Morgan fingerprint density at radius 2 is 2.05 bits per heavy atom. The summed E-state index contributed by atoms with van der Waals surface area (Å²) in [7, 11) is 1.43. The van der Waals surface area contributed by atoms with Gasteiger partial charge >= 0.3 is 0 Å². The van der Waals surface area contributed by atoms with E-state index in [9.17, 15) is 9.65 Å². The highest BCUT2D eigenvalue weighted by atomic mass is 19.1. The van der Waals surface area contributed by atoms with Crippen LogP contribution in [0.2, 0.25) is 0 Å². The maximum Gasteiger partial charge on any atom is 0.191 e. The van der Waals surface area contributed by atoms with Crippen molar-refractivity contribution in [3.8, 4) is 11.8 Å². The maximum absolute atomic E-state index is 14.4. The van der Waals surface area contributed by atoms with Gasteiger partial charge in [-0.05, 0) is 31.4 Å². The molecule has 4 nitrogen and oxygen atoms in total. The molecule has 1 aromatic carbocycles. The molecule has 1 aromatic heterocycles. The van der Waals surface area contributed by atoms with E-state index in [-0.39, 0.29) is 11.3 Å². The molecule has 0 atom stereocenters. The van der Waals surface area contributed by atoms with E-state index < -0.39 is 5.82 Å². The van der Waals surface area contributed by atoms with Crippen molar-refractivity contribution in [3.05, 3.63) is 29.7 Å². The van der Waals surface area contributed by atoms with Gasteiger partial charge < -0.3 is 9.64 Å². The van der Waals surface area contributed by atoms with Crippen LogP contribution in [0.25, 0.3) is 10.9 Å². The van der Waals surface area contributed by atoms with Gasteiger partial charge in [-0.1, -0.05) is 0 Å². The minimum Gasteiger partial charge on any atom is -0.494 e. The zero-order valence-electron chi connectivity index (χ0n) is 11.9. The molecule has 108 valence electrons. The van der Waals surface area contributed by atoms with E-state index in [1.165, 1.54) is 19.7 Å². The van der Waals surface area contributed by atoms with Crippen LogP contribution in [-0.2, 0) is 0 Å². The number of benzene rings is 1. The van der Waals surface area contributed by atoms with E-state index in [0.29, 0.717) is 10.9 Å². The molecule has 1 aliphatic heterocycles. The summed E-state index contributed by atoms with van der Waals surface area (Å²) < 4.78 is 19.4. The van der Waals surface area contributed by atoms with E-state index in [2.05, 4.69) is 16.0 Å². The van der Waals surface area contributed by atoms with Gasteiger partial charge in [-0.3, -0.25) is 4.98 Å². The fourth-order valence-corrected chi connectivity index (χ4v) is 2.90. The van der Waals surface area contributed by atoms with E-state index >= 15 is 0 Å². The molecule has 0 aliphatic carbocycles. The summed E-state index contributed by atoms with van der Waals surface area (Å²) in [4.78, 5) is 6.28. The number of anilines is 1.